The summed E-state index contributed by atoms with van der Waals surface area (Å²) in [6.07, 6.45) is 2.56. The zero-order valence-electron chi connectivity index (χ0n) is 16.4. The molecule has 3 aromatic rings. The number of ether oxygens (including phenoxy) is 1. The molecule has 0 radical (unpaired) electrons. The number of amides is 2. The summed E-state index contributed by atoms with van der Waals surface area (Å²) in [6.45, 7) is 1.99. The first-order chi connectivity index (χ1) is 14.0. The lowest BCUT2D eigenvalue weighted by molar-refractivity contribution is -0.116. The molecule has 3 rings (SSSR count). The van der Waals surface area contributed by atoms with Crippen molar-refractivity contribution in [3.05, 3.63) is 83.7 Å². The number of carbonyl (C=O) groups excluding carboxylic acids is 2. The summed E-state index contributed by atoms with van der Waals surface area (Å²) >= 11 is 0. The van der Waals surface area contributed by atoms with E-state index in [0.717, 1.165) is 16.8 Å². The van der Waals surface area contributed by atoms with Gasteiger partial charge in [-0.25, -0.2) is 0 Å². The van der Waals surface area contributed by atoms with Crippen LogP contribution in [0.4, 0.5) is 5.69 Å². The van der Waals surface area contributed by atoms with Gasteiger partial charge in [0, 0.05) is 31.4 Å². The molecule has 0 unspecified atom stereocenters. The van der Waals surface area contributed by atoms with Gasteiger partial charge in [0.15, 0.2) is 0 Å². The van der Waals surface area contributed by atoms with Crippen molar-refractivity contribution in [2.24, 2.45) is 0 Å². The van der Waals surface area contributed by atoms with Crippen LogP contribution < -0.4 is 15.4 Å². The molecule has 1 aromatic heterocycles. The van der Waals surface area contributed by atoms with E-state index in [-0.39, 0.29) is 11.8 Å². The number of nitrogens with zero attached hydrogens (tertiary/aromatic N) is 1. The topological polar surface area (TPSA) is 80.3 Å². The smallest absolute Gasteiger partial charge is 0.269 e. The Balaban J connectivity index is 1.53. The van der Waals surface area contributed by atoms with Gasteiger partial charge in [0.2, 0.25) is 5.91 Å². The number of aryl methyl sites for hydroxylation is 2. The van der Waals surface area contributed by atoms with Crippen LogP contribution in [0.15, 0.2) is 66.9 Å². The van der Waals surface area contributed by atoms with Crippen molar-refractivity contribution in [1.29, 1.82) is 0 Å². The molecule has 0 aliphatic heterocycles. The molecule has 0 spiro atoms. The highest BCUT2D eigenvalue weighted by atomic mass is 16.5. The third kappa shape index (κ3) is 5.90. The van der Waals surface area contributed by atoms with E-state index < -0.39 is 0 Å². The molecule has 0 bridgehead atoms. The molecule has 0 aliphatic rings. The molecular formula is C23H23N3O3. The van der Waals surface area contributed by atoms with Crippen LogP contribution in [0.2, 0.25) is 0 Å². The number of anilines is 1. The van der Waals surface area contributed by atoms with Crippen LogP contribution >= 0.6 is 0 Å². The maximum Gasteiger partial charge on any atom is 0.269 e. The van der Waals surface area contributed by atoms with Crippen molar-refractivity contribution in [2.75, 3.05) is 12.4 Å². The third-order valence-corrected chi connectivity index (χ3v) is 4.29. The molecule has 29 heavy (non-hydrogen) atoms. The fraction of sp³-hybridized carbons (Fsp3) is 0.174. The van der Waals surface area contributed by atoms with Crippen molar-refractivity contribution >= 4 is 17.5 Å². The van der Waals surface area contributed by atoms with Gasteiger partial charge in [-0.3, -0.25) is 14.6 Å². The maximum atomic E-state index is 12.1. The Labute approximate surface area is 169 Å². The first-order valence-electron chi connectivity index (χ1n) is 9.35. The van der Waals surface area contributed by atoms with Crippen LogP contribution in [-0.4, -0.2) is 23.8 Å². The molecule has 2 amide bonds. The van der Waals surface area contributed by atoms with E-state index in [1.54, 1.807) is 19.2 Å². The van der Waals surface area contributed by atoms with Gasteiger partial charge in [-0.2, -0.15) is 0 Å². The van der Waals surface area contributed by atoms with Crippen molar-refractivity contribution < 1.29 is 14.3 Å². The molecule has 6 heteroatoms. The van der Waals surface area contributed by atoms with Gasteiger partial charge in [0.05, 0.1) is 0 Å². The van der Waals surface area contributed by atoms with E-state index in [4.69, 9.17) is 4.74 Å². The van der Waals surface area contributed by atoms with E-state index in [9.17, 15) is 9.59 Å². The second-order valence-electron chi connectivity index (χ2n) is 6.62. The van der Waals surface area contributed by atoms with Crippen molar-refractivity contribution in [1.82, 2.24) is 10.3 Å². The fourth-order valence-corrected chi connectivity index (χ4v) is 2.79. The van der Waals surface area contributed by atoms with Crippen LogP contribution in [0.5, 0.6) is 11.5 Å². The molecule has 0 aliphatic carbocycles. The number of hydrogen-bond acceptors (Lipinski definition) is 4. The number of nitrogens with one attached hydrogen (secondary N) is 2. The second kappa shape index (κ2) is 9.50. The molecule has 1 heterocycles. The van der Waals surface area contributed by atoms with Gasteiger partial charge in [-0.05, 0) is 54.8 Å². The highest BCUT2D eigenvalue weighted by molar-refractivity contribution is 5.92. The number of benzene rings is 2. The first-order valence-corrected chi connectivity index (χ1v) is 9.35. The minimum Gasteiger partial charge on any atom is -0.457 e. The largest absolute Gasteiger partial charge is 0.457 e. The van der Waals surface area contributed by atoms with E-state index >= 15 is 0 Å². The Morgan fingerprint density at radius 3 is 2.52 bits per heavy atom. The summed E-state index contributed by atoms with van der Waals surface area (Å²) in [7, 11) is 1.55. The monoisotopic (exact) mass is 389 g/mol. The Bertz CT molecular complexity index is 1000. The Hall–Kier alpha value is -3.67. The van der Waals surface area contributed by atoms with E-state index in [0.29, 0.717) is 30.0 Å². The van der Waals surface area contributed by atoms with Crippen LogP contribution in [0.3, 0.4) is 0 Å². The third-order valence-electron chi connectivity index (χ3n) is 4.29. The van der Waals surface area contributed by atoms with Crippen molar-refractivity contribution in [3.8, 4) is 11.5 Å². The molecule has 2 N–H and O–H groups in total. The molecule has 0 saturated heterocycles. The lowest BCUT2D eigenvalue weighted by atomic mass is 10.1. The quantitative estimate of drug-likeness (QED) is 0.637. The highest BCUT2D eigenvalue weighted by Gasteiger charge is 2.07. The van der Waals surface area contributed by atoms with Gasteiger partial charge >= 0.3 is 0 Å². The van der Waals surface area contributed by atoms with Crippen LogP contribution in [-0.2, 0) is 11.2 Å². The average molecular weight is 389 g/mol. The predicted molar refractivity (Wildman–Crippen MR) is 112 cm³/mol. The van der Waals surface area contributed by atoms with Crippen molar-refractivity contribution in [2.45, 2.75) is 19.8 Å². The number of aromatic nitrogens is 1. The van der Waals surface area contributed by atoms with Gasteiger partial charge in [0.25, 0.3) is 5.91 Å². The maximum absolute atomic E-state index is 12.1. The molecule has 2 aromatic carbocycles. The zero-order valence-corrected chi connectivity index (χ0v) is 16.4. The lowest BCUT2D eigenvalue weighted by Crippen LogP contribution is -2.18. The molecular weight excluding hydrogens is 366 g/mol. The normalized spacial score (nSPS) is 10.3. The Morgan fingerprint density at radius 2 is 1.79 bits per heavy atom. The first kappa shape index (κ1) is 20.1. The fourth-order valence-electron chi connectivity index (χ4n) is 2.79. The zero-order chi connectivity index (χ0) is 20.6. The molecule has 0 fully saturated rings. The van der Waals surface area contributed by atoms with E-state index in [1.807, 2.05) is 55.5 Å². The molecule has 0 atom stereocenters. The summed E-state index contributed by atoms with van der Waals surface area (Å²) in [5, 5.41) is 5.45. The summed E-state index contributed by atoms with van der Waals surface area (Å²) in [5.41, 5.74) is 3.25. The molecule has 6 nitrogen and oxygen atoms in total. The van der Waals surface area contributed by atoms with Crippen LogP contribution in [0.1, 0.15) is 28.0 Å². The number of pyridine rings is 1. The lowest BCUT2D eigenvalue weighted by Gasteiger charge is -2.08. The summed E-state index contributed by atoms with van der Waals surface area (Å²) in [6, 6.07) is 18.5. The average Bonchev–Trinajstić information content (AvgIpc) is 2.73. The second-order valence-corrected chi connectivity index (χ2v) is 6.62. The minimum absolute atomic E-state index is 0.0190. The van der Waals surface area contributed by atoms with Crippen LogP contribution in [0, 0.1) is 6.92 Å². The van der Waals surface area contributed by atoms with E-state index in [1.165, 1.54) is 6.20 Å². The molecule has 0 saturated carbocycles. The van der Waals surface area contributed by atoms with Gasteiger partial charge < -0.3 is 15.4 Å². The van der Waals surface area contributed by atoms with Gasteiger partial charge in [-0.1, -0.05) is 24.3 Å². The predicted octanol–water partition coefficient (Wildman–Crippen LogP) is 4.11. The number of hydrogen-bond donors (Lipinski definition) is 2. The standard InChI is InChI=1S/C23H23N3O3/c1-16-4-3-5-18(14-16)26-22(27)11-8-17-6-9-19(10-7-17)29-20-12-13-25-21(15-20)23(28)24-2/h3-7,9-10,12-15H,8,11H2,1-2H3,(H,24,28)(H,26,27). The summed E-state index contributed by atoms with van der Waals surface area (Å²) in [5.74, 6) is 0.889. The van der Waals surface area contributed by atoms with Gasteiger partial charge in [0.1, 0.15) is 17.2 Å². The summed E-state index contributed by atoms with van der Waals surface area (Å²) in [4.78, 5) is 27.8. The summed E-state index contributed by atoms with van der Waals surface area (Å²) < 4.78 is 5.79. The van der Waals surface area contributed by atoms with Crippen LogP contribution in [0.25, 0.3) is 0 Å². The van der Waals surface area contributed by atoms with Gasteiger partial charge in [-0.15, -0.1) is 0 Å². The Kier molecular flexibility index (Phi) is 6.58. The SMILES string of the molecule is CNC(=O)c1cc(Oc2ccc(CCC(=O)Nc3cccc(C)c3)cc2)ccn1. The Morgan fingerprint density at radius 1 is 1.00 bits per heavy atom. The van der Waals surface area contributed by atoms with Crippen molar-refractivity contribution in [3.63, 3.8) is 0 Å². The van der Waals surface area contributed by atoms with E-state index in [2.05, 4.69) is 15.6 Å². The number of carbonyl (C=O) groups is 2. The molecule has 148 valence electrons. The highest BCUT2D eigenvalue weighted by Crippen LogP contribution is 2.22. The minimum atomic E-state index is -0.269. The number of rotatable bonds is 7.